The van der Waals surface area contributed by atoms with E-state index in [1.54, 1.807) is 42.9 Å². The molecule has 3 aromatic rings. The summed E-state index contributed by atoms with van der Waals surface area (Å²) in [5.41, 5.74) is 1.19. The molecule has 1 atom stereocenters. The monoisotopic (exact) mass is 595 g/mol. The third kappa shape index (κ3) is 5.25. The van der Waals surface area contributed by atoms with E-state index >= 15 is 0 Å². The number of tetrazole rings is 1. The average Bonchev–Trinajstić information content (AvgIpc) is 3.77. The predicted molar refractivity (Wildman–Crippen MR) is 154 cm³/mol. The molecule has 3 amide bonds. The maximum absolute atomic E-state index is 13.0. The number of amides is 3. The van der Waals surface area contributed by atoms with E-state index in [4.69, 9.17) is 0 Å². The van der Waals surface area contributed by atoms with Crippen molar-refractivity contribution >= 4 is 40.4 Å². The first kappa shape index (κ1) is 28.8. The largest absolute Gasteiger partial charge is 0.344 e. The Morgan fingerprint density at radius 3 is 2.22 bits per heavy atom. The normalized spacial score (nSPS) is 17.3. The molecule has 12 nitrogen and oxygen atoms in total. The standard InChI is InChI=1S/C27H33N9O3S2/c1-34(2)24(38)19-12-16-7-8-17-13-20(25(39)35(3)4)41-23(17)27(22(16)40-19,26-30-32-33-31-26)9-10-29-15-21(37)36-11-5-6-18(36)14-28/h12-13,18,29H,5-11,15H2,1-4H3,(H,30,31,32,33). The van der Waals surface area contributed by atoms with Gasteiger partial charge >= 0.3 is 0 Å². The van der Waals surface area contributed by atoms with Crippen LogP contribution in [-0.4, -0.2) is 107 Å². The molecule has 0 aromatic carbocycles. The Bertz CT molecular complexity index is 1420. The van der Waals surface area contributed by atoms with E-state index < -0.39 is 5.41 Å². The maximum atomic E-state index is 13.0. The summed E-state index contributed by atoms with van der Waals surface area (Å²) < 4.78 is 0. The van der Waals surface area contributed by atoms with Gasteiger partial charge in [-0.05, 0) is 61.9 Å². The molecule has 1 aliphatic carbocycles. The summed E-state index contributed by atoms with van der Waals surface area (Å²) >= 11 is 2.85. The van der Waals surface area contributed by atoms with E-state index in [9.17, 15) is 19.6 Å². The van der Waals surface area contributed by atoms with Crippen LogP contribution in [0.5, 0.6) is 0 Å². The van der Waals surface area contributed by atoms with Gasteiger partial charge in [0.2, 0.25) is 5.91 Å². The quantitative estimate of drug-likeness (QED) is 0.373. The molecule has 0 saturated carbocycles. The summed E-state index contributed by atoms with van der Waals surface area (Å²) in [7, 11) is 6.92. The summed E-state index contributed by atoms with van der Waals surface area (Å²) in [6.45, 7) is 1.12. The zero-order valence-corrected chi connectivity index (χ0v) is 25.2. The second kappa shape index (κ2) is 11.7. The molecule has 1 fully saturated rings. The van der Waals surface area contributed by atoms with Crippen molar-refractivity contribution in [2.75, 3.05) is 47.8 Å². The Morgan fingerprint density at radius 1 is 1.10 bits per heavy atom. The fourth-order valence-corrected chi connectivity index (χ4v) is 8.60. The molecule has 216 valence electrons. The molecule has 1 aliphatic heterocycles. The lowest BCUT2D eigenvalue weighted by Crippen LogP contribution is -2.42. The molecule has 3 aromatic heterocycles. The van der Waals surface area contributed by atoms with Crippen molar-refractivity contribution in [3.63, 3.8) is 0 Å². The lowest BCUT2D eigenvalue weighted by molar-refractivity contribution is -0.130. The molecule has 5 rings (SSSR count). The number of aromatic nitrogens is 4. The van der Waals surface area contributed by atoms with E-state index in [0.29, 0.717) is 54.4 Å². The number of rotatable bonds is 8. The highest BCUT2D eigenvalue weighted by Gasteiger charge is 2.47. The molecule has 0 spiro atoms. The van der Waals surface area contributed by atoms with Gasteiger partial charge in [0, 0.05) is 44.5 Å². The third-order valence-corrected chi connectivity index (χ3v) is 10.3. The van der Waals surface area contributed by atoms with Gasteiger partial charge in [0.1, 0.15) is 11.5 Å². The van der Waals surface area contributed by atoms with Crippen LogP contribution in [-0.2, 0) is 23.1 Å². The van der Waals surface area contributed by atoms with Gasteiger partial charge in [-0.2, -0.15) is 10.5 Å². The highest BCUT2D eigenvalue weighted by molar-refractivity contribution is 7.16. The number of nitriles is 1. The molecule has 1 unspecified atom stereocenters. The van der Waals surface area contributed by atoms with E-state index in [1.807, 2.05) is 12.1 Å². The summed E-state index contributed by atoms with van der Waals surface area (Å²) in [6, 6.07) is 5.77. The molecular formula is C27H33N9O3S2. The van der Waals surface area contributed by atoms with Gasteiger partial charge in [-0.3, -0.25) is 14.4 Å². The Hall–Kier alpha value is -3.67. The van der Waals surface area contributed by atoms with Crippen LogP contribution in [0.2, 0.25) is 0 Å². The van der Waals surface area contributed by atoms with Crippen molar-refractivity contribution in [3.05, 3.63) is 48.6 Å². The van der Waals surface area contributed by atoms with Crippen molar-refractivity contribution in [3.8, 4) is 6.07 Å². The molecule has 41 heavy (non-hydrogen) atoms. The lowest BCUT2D eigenvalue weighted by Gasteiger charge is -2.30. The first-order chi connectivity index (χ1) is 19.7. The number of hydrogen-bond donors (Lipinski definition) is 2. The highest BCUT2D eigenvalue weighted by atomic mass is 32.1. The van der Waals surface area contributed by atoms with Crippen LogP contribution in [0.1, 0.15) is 65.3 Å². The first-order valence-corrected chi connectivity index (χ1v) is 15.1. The average molecular weight is 596 g/mol. The summed E-state index contributed by atoms with van der Waals surface area (Å²) in [5.74, 6) is 0.188. The number of hydrogen-bond acceptors (Lipinski definition) is 10. The first-order valence-electron chi connectivity index (χ1n) is 13.5. The number of carbonyl (C=O) groups excluding carboxylic acids is 3. The lowest BCUT2D eigenvalue weighted by atomic mass is 9.78. The third-order valence-electron chi connectivity index (χ3n) is 7.69. The predicted octanol–water partition coefficient (Wildman–Crippen LogP) is 1.65. The van der Waals surface area contributed by atoms with Crippen LogP contribution >= 0.6 is 22.7 Å². The highest BCUT2D eigenvalue weighted by Crippen LogP contribution is 2.51. The van der Waals surface area contributed by atoms with E-state index in [0.717, 1.165) is 27.3 Å². The fraction of sp³-hybridized carbons (Fsp3) is 0.519. The molecule has 0 radical (unpaired) electrons. The minimum atomic E-state index is -0.891. The van der Waals surface area contributed by atoms with Gasteiger partial charge in [-0.15, -0.1) is 32.9 Å². The van der Waals surface area contributed by atoms with Crippen LogP contribution in [0.25, 0.3) is 0 Å². The number of nitrogens with zero attached hydrogens (tertiary/aromatic N) is 7. The maximum Gasteiger partial charge on any atom is 0.263 e. The van der Waals surface area contributed by atoms with Crippen LogP contribution in [0.4, 0.5) is 0 Å². The van der Waals surface area contributed by atoms with Crippen molar-refractivity contribution in [2.45, 2.75) is 43.6 Å². The summed E-state index contributed by atoms with van der Waals surface area (Å²) in [5, 5.41) is 28.1. The Morgan fingerprint density at radius 2 is 1.71 bits per heavy atom. The van der Waals surface area contributed by atoms with Crippen LogP contribution in [0.15, 0.2) is 12.1 Å². The summed E-state index contributed by atoms with van der Waals surface area (Å²) in [6.07, 6.45) is 3.39. The van der Waals surface area contributed by atoms with Crippen molar-refractivity contribution in [2.24, 2.45) is 0 Å². The van der Waals surface area contributed by atoms with Crippen molar-refractivity contribution < 1.29 is 14.4 Å². The number of carbonyl (C=O) groups is 3. The molecule has 4 heterocycles. The van der Waals surface area contributed by atoms with E-state index in [1.165, 1.54) is 22.7 Å². The van der Waals surface area contributed by atoms with Gasteiger partial charge < -0.3 is 20.0 Å². The smallest absolute Gasteiger partial charge is 0.263 e. The van der Waals surface area contributed by atoms with Crippen LogP contribution in [0, 0.1) is 11.3 Å². The molecule has 1 saturated heterocycles. The zero-order valence-electron chi connectivity index (χ0n) is 23.6. The second-order valence-electron chi connectivity index (χ2n) is 10.8. The van der Waals surface area contributed by atoms with Gasteiger partial charge in [0.05, 0.1) is 22.4 Å². The van der Waals surface area contributed by atoms with Crippen LogP contribution < -0.4 is 5.32 Å². The molecule has 14 heteroatoms. The number of nitrogens with one attached hydrogen (secondary N) is 2. The molecule has 2 N–H and O–H groups in total. The number of thiophene rings is 2. The van der Waals surface area contributed by atoms with Crippen molar-refractivity contribution in [1.29, 1.82) is 5.26 Å². The van der Waals surface area contributed by atoms with E-state index in [-0.39, 0.29) is 30.3 Å². The second-order valence-corrected chi connectivity index (χ2v) is 12.9. The van der Waals surface area contributed by atoms with Gasteiger partial charge in [0.25, 0.3) is 11.8 Å². The Kier molecular flexibility index (Phi) is 8.21. The molecular weight excluding hydrogens is 562 g/mol. The number of fused-ring (bicyclic) bond motifs is 2. The zero-order chi connectivity index (χ0) is 29.3. The van der Waals surface area contributed by atoms with E-state index in [2.05, 4.69) is 32.0 Å². The topological polar surface area (TPSA) is 151 Å². The van der Waals surface area contributed by atoms with Gasteiger partial charge in [0.15, 0.2) is 5.82 Å². The summed E-state index contributed by atoms with van der Waals surface area (Å²) in [4.78, 5) is 46.9. The Balaban J connectivity index is 1.55. The number of likely N-dealkylation sites (tertiary alicyclic amines) is 1. The SMILES string of the molecule is CN(C)C(=O)c1cc2c(s1)C(CCNCC(=O)N1CCCC1C#N)(c1nn[nH]n1)c1sc(C(=O)N(C)C)cc1CC2. The molecule has 0 bridgehead atoms. The molecule has 2 aliphatic rings. The van der Waals surface area contributed by atoms with Gasteiger partial charge in [-0.25, -0.2) is 0 Å². The van der Waals surface area contributed by atoms with Crippen LogP contribution in [0.3, 0.4) is 0 Å². The number of aryl methyl sites for hydroxylation is 2. The van der Waals surface area contributed by atoms with Gasteiger partial charge in [-0.1, -0.05) is 5.21 Å². The minimum absolute atomic E-state index is 0.0821. The number of H-pyrrole nitrogens is 1. The van der Waals surface area contributed by atoms with Crippen molar-refractivity contribution in [1.82, 2.24) is 40.6 Å². The number of aromatic amines is 1. The minimum Gasteiger partial charge on any atom is -0.344 e. The fourth-order valence-electron chi connectivity index (χ4n) is 5.63. The Labute approximate surface area is 246 Å².